The number of amides is 1. The molecule has 3 heterocycles. The van der Waals surface area contributed by atoms with Gasteiger partial charge in [-0.05, 0) is 37.1 Å². The van der Waals surface area contributed by atoms with Gasteiger partial charge in [0.2, 0.25) is 5.91 Å². The maximum absolute atomic E-state index is 13.2. The van der Waals surface area contributed by atoms with Gasteiger partial charge in [0, 0.05) is 25.0 Å². The maximum atomic E-state index is 13.2. The first-order valence-corrected chi connectivity index (χ1v) is 8.85. The van der Waals surface area contributed by atoms with Crippen LogP contribution in [0.15, 0.2) is 35.3 Å². The average molecular weight is 391 g/mol. The van der Waals surface area contributed by atoms with Crippen LogP contribution >= 0.6 is 11.6 Å². The number of anilines is 2. The minimum Gasteiger partial charge on any atom is -0.356 e. The molecule has 3 aromatic rings. The molecule has 1 N–H and O–H groups in total. The van der Waals surface area contributed by atoms with Crippen molar-refractivity contribution in [1.82, 2.24) is 19.2 Å². The standard InChI is InChI=1S/C17H16ClFN6O2/c18-12-9-11(3-4-13(12)19)20-15(26)10-25-17(27)24-8-5-14(21-16(24)22-25)23-6-1-2-7-23/h3-5,8-9H,1-2,6-7,10H2,(H,20,26). The van der Waals surface area contributed by atoms with Crippen LogP contribution in [0.4, 0.5) is 15.9 Å². The Morgan fingerprint density at radius 1 is 1.26 bits per heavy atom. The average Bonchev–Trinajstić information content (AvgIpc) is 3.27. The van der Waals surface area contributed by atoms with Gasteiger partial charge in [-0.25, -0.2) is 18.3 Å². The molecule has 1 aliphatic heterocycles. The first-order chi connectivity index (χ1) is 13.0. The third-order valence-electron chi connectivity index (χ3n) is 4.37. The van der Waals surface area contributed by atoms with Crippen LogP contribution in [0.3, 0.4) is 0 Å². The second-order valence-electron chi connectivity index (χ2n) is 6.27. The van der Waals surface area contributed by atoms with E-state index in [2.05, 4.69) is 20.3 Å². The molecule has 0 bridgehead atoms. The third kappa shape index (κ3) is 3.50. The highest BCUT2D eigenvalue weighted by Crippen LogP contribution is 2.19. The van der Waals surface area contributed by atoms with Crippen LogP contribution in [0.1, 0.15) is 12.8 Å². The maximum Gasteiger partial charge on any atom is 0.352 e. The number of halogens is 2. The zero-order valence-corrected chi connectivity index (χ0v) is 15.0. The van der Waals surface area contributed by atoms with Gasteiger partial charge in [0.25, 0.3) is 5.78 Å². The van der Waals surface area contributed by atoms with Crippen LogP contribution < -0.4 is 15.9 Å². The van der Waals surface area contributed by atoms with Crippen LogP contribution in [0.2, 0.25) is 5.02 Å². The molecule has 27 heavy (non-hydrogen) atoms. The minimum atomic E-state index is -0.578. The number of hydrogen-bond acceptors (Lipinski definition) is 5. The Bertz CT molecular complexity index is 1070. The topological polar surface area (TPSA) is 84.5 Å². The molecule has 1 aromatic carbocycles. The molecule has 8 nitrogen and oxygen atoms in total. The van der Waals surface area contributed by atoms with Crippen LogP contribution in [0.25, 0.3) is 5.78 Å². The van der Waals surface area contributed by atoms with E-state index in [1.807, 2.05) is 0 Å². The zero-order valence-electron chi connectivity index (χ0n) is 14.2. The number of hydrogen-bond donors (Lipinski definition) is 1. The highest BCUT2D eigenvalue weighted by Gasteiger charge is 2.17. The minimum absolute atomic E-state index is 0.101. The van der Waals surface area contributed by atoms with E-state index < -0.39 is 17.4 Å². The quantitative estimate of drug-likeness (QED) is 0.735. The molecular formula is C17H16ClFN6O2. The second kappa shape index (κ2) is 6.99. The number of aromatic nitrogens is 4. The van der Waals surface area contributed by atoms with Crippen molar-refractivity contribution in [2.75, 3.05) is 23.3 Å². The van der Waals surface area contributed by atoms with E-state index in [4.69, 9.17) is 11.6 Å². The predicted octanol–water partition coefficient (Wildman–Crippen LogP) is 1.92. The number of carbonyl (C=O) groups excluding carboxylic acids is 1. The number of rotatable bonds is 4. The lowest BCUT2D eigenvalue weighted by atomic mass is 10.3. The van der Waals surface area contributed by atoms with Gasteiger partial charge in [0.15, 0.2) is 0 Å². The van der Waals surface area contributed by atoms with Gasteiger partial charge >= 0.3 is 5.69 Å². The lowest BCUT2D eigenvalue weighted by Gasteiger charge is -2.15. The summed E-state index contributed by atoms with van der Waals surface area (Å²) in [5.74, 6) is -0.0568. The molecule has 0 unspecified atom stereocenters. The van der Waals surface area contributed by atoms with Gasteiger partial charge < -0.3 is 10.2 Å². The monoisotopic (exact) mass is 390 g/mol. The molecule has 1 saturated heterocycles. The van der Waals surface area contributed by atoms with Crippen molar-refractivity contribution >= 4 is 34.8 Å². The number of fused-ring (bicyclic) bond motifs is 1. The van der Waals surface area contributed by atoms with Gasteiger partial charge in [-0.3, -0.25) is 4.79 Å². The molecule has 0 atom stereocenters. The van der Waals surface area contributed by atoms with Crippen LogP contribution in [-0.4, -0.2) is 38.2 Å². The van der Waals surface area contributed by atoms with Crippen molar-refractivity contribution in [1.29, 1.82) is 0 Å². The lowest BCUT2D eigenvalue weighted by Crippen LogP contribution is -2.28. The van der Waals surface area contributed by atoms with Crippen molar-refractivity contribution < 1.29 is 9.18 Å². The molecule has 2 aromatic heterocycles. The summed E-state index contributed by atoms with van der Waals surface area (Å²) in [6, 6.07) is 5.60. The summed E-state index contributed by atoms with van der Waals surface area (Å²) in [5, 5.41) is 6.60. The summed E-state index contributed by atoms with van der Waals surface area (Å²) in [7, 11) is 0. The summed E-state index contributed by atoms with van der Waals surface area (Å²) >= 11 is 5.70. The molecule has 0 saturated carbocycles. The molecule has 0 aliphatic carbocycles. The van der Waals surface area contributed by atoms with Gasteiger partial charge in [-0.15, -0.1) is 5.10 Å². The number of benzene rings is 1. The molecule has 1 fully saturated rings. The SMILES string of the molecule is O=C(Cn1nc2nc(N3CCCC3)ccn2c1=O)Nc1ccc(F)c(Cl)c1. The van der Waals surface area contributed by atoms with E-state index in [1.54, 1.807) is 12.3 Å². The Hall–Kier alpha value is -2.94. The third-order valence-corrected chi connectivity index (χ3v) is 4.66. The number of carbonyl (C=O) groups is 1. The van der Waals surface area contributed by atoms with Gasteiger partial charge in [0.1, 0.15) is 18.2 Å². The Morgan fingerprint density at radius 3 is 2.78 bits per heavy atom. The van der Waals surface area contributed by atoms with Crippen molar-refractivity contribution in [2.24, 2.45) is 0 Å². The Balaban J connectivity index is 1.54. The molecule has 0 radical (unpaired) electrons. The van der Waals surface area contributed by atoms with Crippen LogP contribution in [-0.2, 0) is 11.3 Å². The number of nitrogens with one attached hydrogen (secondary N) is 1. The van der Waals surface area contributed by atoms with E-state index in [0.29, 0.717) is 5.69 Å². The Morgan fingerprint density at radius 2 is 2.04 bits per heavy atom. The lowest BCUT2D eigenvalue weighted by molar-refractivity contribution is -0.117. The Labute approximate surface area is 158 Å². The normalized spacial score (nSPS) is 14.1. The van der Waals surface area contributed by atoms with E-state index in [-0.39, 0.29) is 17.3 Å². The fourth-order valence-corrected chi connectivity index (χ4v) is 3.21. The van der Waals surface area contributed by atoms with E-state index >= 15 is 0 Å². The second-order valence-corrected chi connectivity index (χ2v) is 6.67. The summed E-state index contributed by atoms with van der Waals surface area (Å²) in [5.41, 5.74) is -0.129. The van der Waals surface area contributed by atoms with Crippen LogP contribution in [0, 0.1) is 5.82 Å². The zero-order chi connectivity index (χ0) is 19.0. The van der Waals surface area contributed by atoms with Crippen molar-refractivity contribution in [2.45, 2.75) is 19.4 Å². The highest BCUT2D eigenvalue weighted by molar-refractivity contribution is 6.31. The molecule has 140 valence electrons. The molecule has 1 aliphatic rings. The van der Waals surface area contributed by atoms with Crippen LogP contribution in [0.5, 0.6) is 0 Å². The van der Waals surface area contributed by atoms with Gasteiger partial charge in [0.05, 0.1) is 5.02 Å². The smallest absolute Gasteiger partial charge is 0.352 e. The van der Waals surface area contributed by atoms with Gasteiger partial charge in [-0.2, -0.15) is 4.98 Å². The van der Waals surface area contributed by atoms with Crippen molar-refractivity contribution in [3.8, 4) is 0 Å². The number of nitrogens with zero attached hydrogens (tertiary/aromatic N) is 5. The van der Waals surface area contributed by atoms with E-state index in [0.717, 1.165) is 42.5 Å². The van der Waals surface area contributed by atoms with E-state index in [1.165, 1.54) is 16.5 Å². The Kier molecular flexibility index (Phi) is 4.53. The molecule has 4 rings (SSSR count). The van der Waals surface area contributed by atoms with Gasteiger partial charge in [-0.1, -0.05) is 11.6 Å². The first kappa shape index (κ1) is 17.5. The summed E-state index contributed by atoms with van der Waals surface area (Å²) < 4.78 is 15.5. The summed E-state index contributed by atoms with van der Waals surface area (Å²) in [6.45, 7) is 1.56. The molecule has 10 heteroatoms. The largest absolute Gasteiger partial charge is 0.356 e. The first-order valence-electron chi connectivity index (χ1n) is 8.47. The molecular weight excluding hydrogens is 375 g/mol. The fraction of sp³-hybridized carbons (Fsp3) is 0.294. The van der Waals surface area contributed by atoms with Crippen molar-refractivity contribution in [3.05, 3.63) is 51.8 Å². The fourth-order valence-electron chi connectivity index (χ4n) is 3.03. The highest BCUT2D eigenvalue weighted by atomic mass is 35.5. The molecule has 0 spiro atoms. The predicted molar refractivity (Wildman–Crippen MR) is 98.7 cm³/mol. The summed E-state index contributed by atoms with van der Waals surface area (Å²) in [6.07, 6.45) is 3.84. The van der Waals surface area contributed by atoms with Crippen molar-refractivity contribution in [3.63, 3.8) is 0 Å². The van der Waals surface area contributed by atoms with E-state index in [9.17, 15) is 14.0 Å². The molecule has 1 amide bonds. The summed E-state index contributed by atoms with van der Waals surface area (Å²) in [4.78, 5) is 31.2.